The Morgan fingerprint density at radius 2 is 2.11 bits per heavy atom. The first-order valence-electron chi connectivity index (χ1n) is 6.37. The summed E-state index contributed by atoms with van der Waals surface area (Å²) in [6.45, 7) is 2.40. The van der Waals surface area contributed by atoms with E-state index in [0.717, 1.165) is 43.6 Å². The lowest BCUT2D eigenvalue weighted by molar-refractivity contribution is 0.0853. The zero-order valence-electron chi connectivity index (χ0n) is 10.3. The Balaban J connectivity index is 1.99. The fourth-order valence-electron chi connectivity index (χ4n) is 2.16. The Labute approximate surface area is 122 Å². The molecule has 0 spiro atoms. The van der Waals surface area contributed by atoms with E-state index in [2.05, 4.69) is 22.0 Å². The summed E-state index contributed by atoms with van der Waals surface area (Å²) in [6.07, 6.45) is 3.15. The van der Waals surface area contributed by atoms with Gasteiger partial charge in [-0.15, -0.1) is 0 Å². The van der Waals surface area contributed by atoms with Crippen molar-refractivity contribution in [3.8, 4) is 5.75 Å². The lowest BCUT2D eigenvalue weighted by Crippen LogP contribution is -2.14. The van der Waals surface area contributed by atoms with Crippen LogP contribution in [0, 0.1) is 0 Å². The minimum absolute atomic E-state index is 0.577. The molecule has 1 fully saturated rings. The average molecular weight is 334 g/mol. The van der Waals surface area contributed by atoms with Gasteiger partial charge in [0, 0.05) is 18.5 Å². The average Bonchev–Trinajstić information content (AvgIpc) is 2.42. The summed E-state index contributed by atoms with van der Waals surface area (Å²) in [4.78, 5) is 0. The van der Waals surface area contributed by atoms with E-state index in [1.54, 1.807) is 0 Å². The van der Waals surface area contributed by atoms with Crippen LogP contribution < -0.4 is 4.74 Å². The van der Waals surface area contributed by atoms with Crippen molar-refractivity contribution in [2.75, 3.05) is 25.2 Å². The second kappa shape index (κ2) is 7.37. The molecule has 0 saturated carbocycles. The van der Waals surface area contributed by atoms with Gasteiger partial charge in [0.2, 0.25) is 0 Å². The van der Waals surface area contributed by atoms with Crippen LogP contribution in [0.3, 0.4) is 0 Å². The van der Waals surface area contributed by atoms with Crippen LogP contribution >= 0.6 is 27.5 Å². The maximum Gasteiger partial charge on any atom is 0.137 e. The molecular formula is C14H18BrClO2. The van der Waals surface area contributed by atoms with Crippen molar-refractivity contribution in [2.45, 2.75) is 25.2 Å². The van der Waals surface area contributed by atoms with Crippen LogP contribution in [0.4, 0.5) is 0 Å². The SMILES string of the molecule is Clc1cc(C2CCOCC2)ccc1OCCCBr. The third kappa shape index (κ3) is 3.87. The monoisotopic (exact) mass is 332 g/mol. The number of hydrogen-bond acceptors (Lipinski definition) is 2. The van der Waals surface area contributed by atoms with E-state index in [1.807, 2.05) is 12.1 Å². The Morgan fingerprint density at radius 1 is 1.33 bits per heavy atom. The molecule has 0 atom stereocenters. The van der Waals surface area contributed by atoms with Crippen LogP contribution in [-0.4, -0.2) is 25.2 Å². The second-order valence-electron chi connectivity index (χ2n) is 4.47. The van der Waals surface area contributed by atoms with Gasteiger partial charge in [-0.3, -0.25) is 0 Å². The molecule has 1 aliphatic rings. The topological polar surface area (TPSA) is 18.5 Å². The molecule has 1 aliphatic heterocycles. The highest BCUT2D eigenvalue weighted by atomic mass is 79.9. The summed E-state index contributed by atoms with van der Waals surface area (Å²) in [7, 11) is 0. The van der Waals surface area contributed by atoms with Gasteiger partial charge in [-0.2, -0.15) is 0 Å². The minimum atomic E-state index is 0.577. The molecule has 0 aromatic heterocycles. The summed E-state index contributed by atoms with van der Waals surface area (Å²) in [5.74, 6) is 1.36. The summed E-state index contributed by atoms with van der Waals surface area (Å²) in [5.41, 5.74) is 1.30. The first-order chi connectivity index (χ1) is 8.81. The predicted molar refractivity (Wildman–Crippen MR) is 78.2 cm³/mol. The van der Waals surface area contributed by atoms with Crippen LogP contribution in [-0.2, 0) is 4.74 Å². The van der Waals surface area contributed by atoms with E-state index in [0.29, 0.717) is 17.5 Å². The molecule has 1 saturated heterocycles. The van der Waals surface area contributed by atoms with Crippen LogP contribution in [0.15, 0.2) is 18.2 Å². The highest BCUT2D eigenvalue weighted by Crippen LogP contribution is 2.32. The van der Waals surface area contributed by atoms with Crippen molar-refractivity contribution in [3.63, 3.8) is 0 Å². The summed E-state index contributed by atoms with van der Waals surface area (Å²) in [6, 6.07) is 6.16. The van der Waals surface area contributed by atoms with E-state index in [9.17, 15) is 0 Å². The number of benzene rings is 1. The molecule has 4 heteroatoms. The lowest BCUT2D eigenvalue weighted by atomic mass is 9.92. The Kier molecular flexibility index (Phi) is 5.80. The van der Waals surface area contributed by atoms with Crippen molar-refractivity contribution < 1.29 is 9.47 Å². The normalized spacial score (nSPS) is 16.8. The lowest BCUT2D eigenvalue weighted by Gasteiger charge is -2.22. The number of ether oxygens (including phenoxy) is 2. The maximum absolute atomic E-state index is 6.26. The molecule has 1 aromatic carbocycles. The van der Waals surface area contributed by atoms with Crippen molar-refractivity contribution in [1.82, 2.24) is 0 Å². The van der Waals surface area contributed by atoms with Crippen molar-refractivity contribution in [3.05, 3.63) is 28.8 Å². The van der Waals surface area contributed by atoms with Gasteiger partial charge in [-0.25, -0.2) is 0 Å². The molecule has 100 valence electrons. The van der Waals surface area contributed by atoms with E-state index < -0.39 is 0 Å². The van der Waals surface area contributed by atoms with Gasteiger partial charge in [-0.1, -0.05) is 33.6 Å². The van der Waals surface area contributed by atoms with Gasteiger partial charge in [-0.05, 0) is 42.9 Å². The van der Waals surface area contributed by atoms with Crippen LogP contribution in [0.5, 0.6) is 5.75 Å². The van der Waals surface area contributed by atoms with Crippen LogP contribution in [0.1, 0.15) is 30.7 Å². The van der Waals surface area contributed by atoms with Crippen LogP contribution in [0.25, 0.3) is 0 Å². The highest BCUT2D eigenvalue weighted by molar-refractivity contribution is 9.09. The van der Waals surface area contributed by atoms with E-state index in [-0.39, 0.29) is 0 Å². The van der Waals surface area contributed by atoms with Gasteiger partial charge in [0.25, 0.3) is 0 Å². The molecule has 0 amide bonds. The number of alkyl halides is 1. The molecule has 0 unspecified atom stereocenters. The third-order valence-electron chi connectivity index (χ3n) is 3.18. The fraction of sp³-hybridized carbons (Fsp3) is 0.571. The van der Waals surface area contributed by atoms with Crippen molar-refractivity contribution >= 4 is 27.5 Å². The summed E-state index contributed by atoms with van der Waals surface area (Å²) < 4.78 is 11.0. The van der Waals surface area contributed by atoms with Gasteiger partial charge in [0.15, 0.2) is 0 Å². The minimum Gasteiger partial charge on any atom is -0.492 e. The summed E-state index contributed by atoms with van der Waals surface area (Å²) in [5, 5.41) is 1.67. The second-order valence-corrected chi connectivity index (χ2v) is 5.67. The van der Waals surface area contributed by atoms with E-state index >= 15 is 0 Å². The van der Waals surface area contributed by atoms with E-state index in [1.165, 1.54) is 5.56 Å². The molecule has 1 aromatic rings. The maximum atomic E-state index is 6.26. The molecular weight excluding hydrogens is 316 g/mol. The first kappa shape index (κ1) is 14.2. The number of halogens is 2. The van der Waals surface area contributed by atoms with Crippen molar-refractivity contribution in [1.29, 1.82) is 0 Å². The van der Waals surface area contributed by atoms with Gasteiger partial charge < -0.3 is 9.47 Å². The predicted octanol–water partition coefficient (Wildman–Crippen LogP) is 4.40. The molecule has 18 heavy (non-hydrogen) atoms. The largest absolute Gasteiger partial charge is 0.492 e. The Morgan fingerprint density at radius 3 is 2.78 bits per heavy atom. The summed E-state index contributed by atoms with van der Waals surface area (Å²) >= 11 is 9.64. The zero-order chi connectivity index (χ0) is 12.8. The molecule has 0 N–H and O–H groups in total. The van der Waals surface area contributed by atoms with E-state index in [4.69, 9.17) is 21.1 Å². The molecule has 0 radical (unpaired) electrons. The molecule has 1 heterocycles. The number of hydrogen-bond donors (Lipinski definition) is 0. The molecule has 0 bridgehead atoms. The Hall–Kier alpha value is -0.250. The molecule has 0 aliphatic carbocycles. The van der Waals surface area contributed by atoms with Gasteiger partial charge >= 0.3 is 0 Å². The zero-order valence-corrected chi connectivity index (χ0v) is 12.7. The van der Waals surface area contributed by atoms with Gasteiger partial charge in [0.1, 0.15) is 5.75 Å². The first-order valence-corrected chi connectivity index (χ1v) is 7.87. The fourth-order valence-corrected chi connectivity index (χ4v) is 2.63. The van der Waals surface area contributed by atoms with Gasteiger partial charge in [0.05, 0.1) is 11.6 Å². The highest BCUT2D eigenvalue weighted by Gasteiger charge is 2.17. The molecule has 2 nitrogen and oxygen atoms in total. The van der Waals surface area contributed by atoms with Crippen LogP contribution in [0.2, 0.25) is 5.02 Å². The Bertz CT molecular complexity index is 378. The van der Waals surface area contributed by atoms with Crippen molar-refractivity contribution in [2.24, 2.45) is 0 Å². The molecule has 2 rings (SSSR count). The smallest absolute Gasteiger partial charge is 0.137 e. The standard InChI is InChI=1S/C14H18BrClO2/c15-6-1-7-18-14-3-2-12(10-13(14)16)11-4-8-17-9-5-11/h2-3,10-11H,1,4-9H2. The third-order valence-corrected chi connectivity index (χ3v) is 4.04. The quantitative estimate of drug-likeness (QED) is 0.587. The number of rotatable bonds is 5.